The number of aryl methyl sites for hydroxylation is 2. The third-order valence-electron chi connectivity index (χ3n) is 4.96. The maximum absolute atomic E-state index is 13.3. The van der Waals surface area contributed by atoms with E-state index < -0.39 is 0 Å². The molecule has 2 heterocycles. The van der Waals surface area contributed by atoms with Gasteiger partial charge in [0.15, 0.2) is 5.16 Å². The van der Waals surface area contributed by atoms with Crippen molar-refractivity contribution in [2.24, 2.45) is 0 Å². The van der Waals surface area contributed by atoms with E-state index in [9.17, 15) is 9.59 Å². The van der Waals surface area contributed by atoms with E-state index >= 15 is 0 Å². The van der Waals surface area contributed by atoms with Crippen molar-refractivity contribution in [1.82, 2.24) is 9.55 Å². The Morgan fingerprint density at radius 1 is 1.40 bits per heavy atom. The van der Waals surface area contributed by atoms with E-state index in [1.807, 2.05) is 24.3 Å². The quantitative estimate of drug-likeness (QED) is 0.194. The van der Waals surface area contributed by atoms with Gasteiger partial charge in [-0.2, -0.15) is 0 Å². The van der Waals surface area contributed by atoms with Gasteiger partial charge in [-0.1, -0.05) is 17.8 Å². The standard InChI is InChI=1S/C21H22IN3O3S2/c1-28-10-4-9-25-20(27)18-15-7-3-8-16(15)30-19(18)24-21(25)29-12-17(26)23-14-6-2-5-13(22)11-14/h2,5-6,11H,3-4,7-10,12H2,1H3,(H,23,26). The minimum absolute atomic E-state index is 0.0102. The van der Waals surface area contributed by atoms with Crippen molar-refractivity contribution < 1.29 is 9.53 Å². The number of carbonyl (C=O) groups excluding carboxylic acids is 1. The average molecular weight is 555 g/mol. The molecule has 0 fully saturated rings. The van der Waals surface area contributed by atoms with Crippen LogP contribution >= 0.6 is 45.7 Å². The maximum atomic E-state index is 13.3. The van der Waals surface area contributed by atoms with Gasteiger partial charge in [0.1, 0.15) is 4.83 Å². The van der Waals surface area contributed by atoms with Crippen molar-refractivity contribution in [3.05, 3.63) is 48.6 Å². The number of rotatable bonds is 8. The normalized spacial score (nSPS) is 13.0. The lowest BCUT2D eigenvalue weighted by molar-refractivity contribution is -0.113. The molecule has 30 heavy (non-hydrogen) atoms. The van der Waals surface area contributed by atoms with E-state index in [-0.39, 0.29) is 17.2 Å². The molecular formula is C21H22IN3O3S2. The predicted octanol–water partition coefficient (Wildman–Crippen LogP) is 4.32. The van der Waals surface area contributed by atoms with Crippen molar-refractivity contribution in [2.45, 2.75) is 37.4 Å². The molecule has 0 saturated heterocycles. The summed E-state index contributed by atoms with van der Waals surface area (Å²) in [5.41, 5.74) is 1.96. The van der Waals surface area contributed by atoms with Crippen LogP contribution in [-0.2, 0) is 28.9 Å². The largest absolute Gasteiger partial charge is 0.385 e. The van der Waals surface area contributed by atoms with Gasteiger partial charge < -0.3 is 10.1 Å². The fourth-order valence-electron chi connectivity index (χ4n) is 3.63. The second-order valence-corrected chi connectivity index (χ2v) is 10.4. The Labute approximate surface area is 196 Å². The third kappa shape index (κ3) is 4.74. The zero-order chi connectivity index (χ0) is 21.1. The number of anilines is 1. The summed E-state index contributed by atoms with van der Waals surface area (Å²) in [4.78, 5) is 32.7. The number of methoxy groups -OCH3 is 1. The zero-order valence-electron chi connectivity index (χ0n) is 16.6. The van der Waals surface area contributed by atoms with Crippen molar-refractivity contribution in [3.8, 4) is 0 Å². The number of halogens is 1. The number of carbonyl (C=O) groups is 1. The summed E-state index contributed by atoms with van der Waals surface area (Å²) in [6.07, 6.45) is 3.81. The molecule has 0 radical (unpaired) electrons. The minimum atomic E-state index is -0.117. The molecule has 9 heteroatoms. The Balaban J connectivity index is 1.57. The number of nitrogens with one attached hydrogen (secondary N) is 1. The monoisotopic (exact) mass is 555 g/mol. The summed E-state index contributed by atoms with van der Waals surface area (Å²) in [6, 6.07) is 7.66. The molecule has 1 aromatic carbocycles. The number of nitrogens with zero attached hydrogens (tertiary/aromatic N) is 2. The number of fused-ring (bicyclic) bond motifs is 3. The smallest absolute Gasteiger partial charge is 0.263 e. The van der Waals surface area contributed by atoms with Crippen LogP contribution in [-0.4, -0.2) is 34.9 Å². The van der Waals surface area contributed by atoms with Crippen molar-refractivity contribution in [2.75, 3.05) is 24.8 Å². The average Bonchev–Trinajstić information content (AvgIpc) is 3.29. The number of benzene rings is 1. The Morgan fingerprint density at radius 2 is 2.27 bits per heavy atom. The predicted molar refractivity (Wildman–Crippen MR) is 131 cm³/mol. The first-order valence-corrected chi connectivity index (χ1v) is 12.7. The van der Waals surface area contributed by atoms with Crippen LogP contribution in [0.15, 0.2) is 34.2 Å². The van der Waals surface area contributed by atoms with Crippen molar-refractivity contribution in [3.63, 3.8) is 0 Å². The van der Waals surface area contributed by atoms with E-state index in [4.69, 9.17) is 9.72 Å². The summed E-state index contributed by atoms with van der Waals surface area (Å²) in [6.45, 7) is 1.10. The summed E-state index contributed by atoms with van der Waals surface area (Å²) < 4.78 is 7.94. The van der Waals surface area contributed by atoms with E-state index in [1.54, 1.807) is 23.0 Å². The van der Waals surface area contributed by atoms with Crippen LogP contribution < -0.4 is 10.9 Å². The van der Waals surface area contributed by atoms with Crippen molar-refractivity contribution >= 4 is 67.5 Å². The van der Waals surface area contributed by atoms with Crippen molar-refractivity contribution in [1.29, 1.82) is 0 Å². The first-order valence-electron chi connectivity index (χ1n) is 9.79. The molecular weight excluding hydrogens is 533 g/mol. The second-order valence-electron chi connectivity index (χ2n) is 7.08. The zero-order valence-corrected chi connectivity index (χ0v) is 20.4. The molecule has 1 aliphatic rings. The lowest BCUT2D eigenvalue weighted by Crippen LogP contribution is -2.25. The number of ether oxygens (including phenoxy) is 1. The lowest BCUT2D eigenvalue weighted by Gasteiger charge is -2.12. The molecule has 6 nitrogen and oxygen atoms in total. The van der Waals surface area contributed by atoms with Crippen LogP contribution in [0, 0.1) is 3.57 Å². The minimum Gasteiger partial charge on any atom is -0.385 e. The summed E-state index contributed by atoms with van der Waals surface area (Å²) in [7, 11) is 1.65. The molecule has 1 amide bonds. The van der Waals surface area contributed by atoms with Crippen LogP contribution in [0.1, 0.15) is 23.3 Å². The molecule has 158 valence electrons. The van der Waals surface area contributed by atoms with Crippen LogP contribution in [0.3, 0.4) is 0 Å². The molecule has 0 saturated carbocycles. The van der Waals surface area contributed by atoms with Gasteiger partial charge in [-0.25, -0.2) is 4.98 Å². The molecule has 4 rings (SSSR count). The van der Waals surface area contributed by atoms with E-state index in [0.29, 0.717) is 18.3 Å². The molecule has 0 aliphatic heterocycles. The number of amides is 1. The Bertz CT molecular complexity index is 1140. The van der Waals surface area contributed by atoms with Gasteiger partial charge in [-0.15, -0.1) is 11.3 Å². The fourth-order valence-corrected chi connectivity index (χ4v) is 6.30. The molecule has 1 N–H and O–H groups in total. The van der Waals surface area contributed by atoms with Gasteiger partial charge in [0.2, 0.25) is 5.91 Å². The van der Waals surface area contributed by atoms with Crippen LogP contribution in [0.2, 0.25) is 0 Å². The first kappa shape index (κ1) is 21.8. The molecule has 3 aromatic rings. The summed E-state index contributed by atoms with van der Waals surface area (Å²) in [5, 5.41) is 4.28. The van der Waals surface area contributed by atoms with Gasteiger partial charge in [0.25, 0.3) is 5.56 Å². The van der Waals surface area contributed by atoms with Crippen LogP contribution in [0.4, 0.5) is 5.69 Å². The van der Waals surface area contributed by atoms with Gasteiger partial charge >= 0.3 is 0 Å². The van der Waals surface area contributed by atoms with Gasteiger partial charge in [0.05, 0.1) is 11.1 Å². The van der Waals surface area contributed by atoms with E-state index in [2.05, 4.69) is 27.9 Å². The SMILES string of the molecule is COCCCn1c(SCC(=O)Nc2cccc(I)c2)nc2sc3c(c2c1=O)CCC3. The summed E-state index contributed by atoms with van der Waals surface area (Å²) in [5.74, 6) is 0.0761. The first-order chi connectivity index (χ1) is 14.6. The Kier molecular flexibility index (Phi) is 7.12. The number of aromatic nitrogens is 2. The molecule has 0 bridgehead atoms. The van der Waals surface area contributed by atoms with E-state index in [0.717, 1.165) is 45.2 Å². The highest BCUT2D eigenvalue weighted by Crippen LogP contribution is 2.35. The van der Waals surface area contributed by atoms with Crippen LogP contribution in [0.25, 0.3) is 10.2 Å². The van der Waals surface area contributed by atoms with E-state index in [1.165, 1.54) is 22.2 Å². The van der Waals surface area contributed by atoms with Gasteiger partial charge in [-0.3, -0.25) is 14.2 Å². The molecule has 0 unspecified atom stereocenters. The number of thioether (sulfide) groups is 1. The molecule has 0 atom stereocenters. The highest BCUT2D eigenvalue weighted by atomic mass is 127. The number of thiophene rings is 1. The topological polar surface area (TPSA) is 73.2 Å². The maximum Gasteiger partial charge on any atom is 0.263 e. The van der Waals surface area contributed by atoms with Gasteiger partial charge in [-0.05, 0) is 72.0 Å². The highest BCUT2D eigenvalue weighted by Gasteiger charge is 2.23. The number of hydrogen-bond acceptors (Lipinski definition) is 6. The second kappa shape index (κ2) is 9.80. The van der Waals surface area contributed by atoms with Crippen LogP contribution in [0.5, 0.6) is 0 Å². The fraction of sp³-hybridized carbons (Fsp3) is 0.381. The Hall–Kier alpha value is -1.43. The third-order valence-corrected chi connectivity index (χ3v) is 7.79. The highest BCUT2D eigenvalue weighted by molar-refractivity contribution is 14.1. The molecule has 2 aromatic heterocycles. The Morgan fingerprint density at radius 3 is 3.07 bits per heavy atom. The molecule has 1 aliphatic carbocycles. The molecule has 0 spiro atoms. The number of hydrogen-bond donors (Lipinski definition) is 1. The van der Waals surface area contributed by atoms with Gasteiger partial charge in [0, 0.05) is 34.4 Å². The summed E-state index contributed by atoms with van der Waals surface area (Å²) >= 11 is 5.15. The lowest BCUT2D eigenvalue weighted by atomic mass is 10.2.